The van der Waals surface area contributed by atoms with Gasteiger partial charge in [0, 0.05) is 5.69 Å². The molecule has 2 amide bonds. The van der Waals surface area contributed by atoms with Crippen molar-refractivity contribution in [3.63, 3.8) is 0 Å². The van der Waals surface area contributed by atoms with Crippen molar-refractivity contribution in [3.05, 3.63) is 59.7 Å². The Kier molecular flexibility index (Phi) is 14.3. The Morgan fingerprint density at radius 1 is 0.513 bits per heavy atom. The van der Waals surface area contributed by atoms with E-state index in [1.165, 1.54) is 4.90 Å². The van der Waals surface area contributed by atoms with Crippen LogP contribution in [-0.4, -0.2) is 109 Å². The van der Waals surface area contributed by atoms with Crippen LogP contribution >= 0.6 is 0 Å². The van der Waals surface area contributed by atoms with Crippen molar-refractivity contribution in [3.8, 4) is 5.75 Å². The Hall–Kier alpha value is -3.06. The van der Waals surface area contributed by atoms with Gasteiger partial charge in [0.1, 0.15) is 12.4 Å². The summed E-state index contributed by atoms with van der Waals surface area (Å²) in [7, 11) is 0. The third kappa shape index (κ3) is 11.3. The maximum atomic E-state index is 12.3. The zero-order chi connectivity index (χ0) is 27.5. The van der Waals surface area contributed by atoms with Crippen LogP contribution < -0.4 is 10.5 Å². The summed E-state index contributed by atoms with van der Waals surface area (Å²) >= 11 is 0. The topological polar surface area (TPSA) is 128 Å². The number of carbonyl (C=O) groups excluding carboxylic acids is 2. The first-order valence-corrected chi connectivity index (χ1v) is 13.1. The smallest absolute Gasteiger partial charge is 0.261 e. The number of fused-ring (bicyclic) bond motifs is 1. The second-order valence-electron chi connectivity index (χ2n) is 8.40. The number of hydrogen-bond acceptors (Lipinski definition) is 10. The van der Waals surface area contributed by atoms with Gasteiger partial charge < -0.3 is 38.9 Å². The van der Waals surface area contributed by atoms with E-state index in [9.17, 15) is 9.59 Å². The van der Waals surface area contributed by atoms with Crippen molar-refractivity contribution in [2.75, 3.05) is 98.2 Å². The predicted molar refractivity (Wildman–Crippen MR) is 143 cm³/mol. The Bertz CT molecular complexity index is 952. The van der Waals surface area contributed by atoms with Crippen LogP contribution in [0.1, 0.15) is 20.7 Å². The summed E-state index contributed by atoms with van der Waals surface area (Å²) in [6.45, 7) is 5.99. The van der Waals surface area contributed by atoms with Gasteiger partial charge in [0.15, 0.2) is 0 Å². The molecular formula is C28H38N2O9. The number of nitrogens with zero attached hydrogens (tertiary/aromatic N) is 1. The van der Waals surface area contributed by atoms with Crippen molar-refractivity contribution in [2.45, 2.75) is 0 Å². The summed E-state index contributed by atoms with van der Waals surface area (Å²) in [4.78, 5) is 25.7. The minimum atomic E-state index is -0.275. The highest BCUT2D eigenvalue weighted by molar-refractivity contribution is 6.21. The second-order valence-corrected chi connectivity index (χ2v) is 8.40. The number of benzene rings is 2. The zero-order valence-corrected chi connectivity index (χ0v) is 22.2. The van der Waals surface area contributed by atoms with E-state index in [1.54, 1.807) is 36.4 Å². The lowest BCUT2D eigenvalue weighted by molar-refractivity contribution is -0.0182. The number of ether oxygens (including phenoxy) is 7. The third-order valence-corrected chi connectivity index (χ3v) is 5.57. The maximum absolute atomic E-state index is 12.3. The number of hydrogen-bond donors (Lipinski definition) is 1. The van der Waals surface area contributed by atoms with Gasteiger partial charge in [-0.3, -0.25) is 14.5 Å². The van der Waals surface area contributed by atoms with Gasteiger partial charge in [-0.15, -0.1) is 0 Å². The molecule has 11 heteroatoms. The van der Waals surface area contributed by atoms with Crippen LogP contribution in [0.4, 0.5) is 5.69 Å². The molecule has 0 spiro atoms. The van der Waals surface area contributed by atoms with Gasteiger partial charge >= 0.3 is 0 Å². The molecule has 39 heavy (non-hydrogen) atoms. The van der Waals surface area contributed by atoms with Gasteiger partial charge in [0.05, 0.1) is 97.0 Å². The van der Waals surface area contributed by atoms with E-state index in [4.69, 9.17) is 38.9 Å². The molecule has 2 aromatic rings. The average Bonchev–Trinajstić information content (AvgIpc) is 3.19. The molecule has 0 saturated heterocycles. The highest BCUT2D eigenvalue weighted by Crippen LogP contribution is 2.21. The van der Waals surface area contributed by atoms with Crippen LogP contribution in [0, 0.1) is 0 Å². The van der Waals surface area contributed by atoms with E-state index >= 15 is 0 Å². The van der Waals surface area contributed by atoms with Crippen LogP contribution in [0.15, 0.2) is 48.5 Å². The van der Waals surface area contributed by atoms with Crippen molar-refractivity contribution < 1.29 is 42.7 Å². The Balaban J connectivity index is 1.00. The molecule has 0 fully saturated rings. The monoisotopic (exact) mass is 546 g/mol. The van der Waals surface area contributed by atoms with Crippen LogP contribution in [-0.2, 0) is 28.4 Å². The lowest BCUT2D eigenvalue weighted by Gasteiger charge is -2.13. The van der Waals surface area contributed by atoms with E-state index in [1.807, 2.05) is 12.1 Å². The van der Waals surface area contributed by atoms with Crippen LogP contribution in [0.3, 0.4) is 0 Å². The molecule has 2 N–H and O–H groups in total. The summed E-state index contributed by atoms with van der Waals surface area (Å²) in [5, 5.41) is 0. The normalized spacial score (nSPS) is 12.8. The number of carbonyl (C=O) groups is 2. The van der Waals surface area contributed by atoms with Crippen LogP contribution in [0.2, 0.25) is 0 Å². The Morgan fingerprint density at radius 2 is 0.897 bits per heavy atom. The van der Waals surface area contributed by atoms with Crippen molar-refractivity contribution >= 4 is 17.5 Å². The fourth-order valence-corrected chi connectivity index (χ4v) is 3.58. The standard InChI is InChI=1S/C28H38N2O9/c29-23-5-7-24(8-6-23)39-22-21-38-20-19-37-18-17-36-16-15-35-14-13-34-12-11-33-10-9-30-27(31)25-3-1-2-4-26(25)28(30)32/h1-8H,9-22,29H2. The fraction of sp³-hybridized carbons (Fsp3) is 0.500. The quantitative estimate of drug-likeness (QED) is 0.133. The van der Waals surface area contributed by atoms with Crippen molar-refractivity contribution in [2.24, 2.45) is 0 Å². The molecule has 2 aromatic carbocycles. The molecule has 0 aromatic heterocycles. The summed E-state index contributed by atoms with van der Waals surface area (Å²) in [6.07, 6.45) is 0. The van der Waals surface area contributed by atoms with Gasteiger partial charge in [0.25, 0.3) is 11.8 Å². The number of nitrogens with two attached hydrogens (primary N) is 1. The molecular weight excluding hydrogens is 508 g/mol. The largest absolute Gasteiger partial charge is 0.491 e. The molecule has 1 aliphatic heterocycles. The van der Waals surface area contributed by atoms with Gasteiger partial charge in [-0.25, -0.2) is 0 Å². The summed E-state index contributed by atoms with van der Waals surface area (Å²) in [5.74, 6) is 0.212. The van der Waals surface area contributed by atoms with E-state index in [0.717, 1.165) is 5.75 Å². The van der Waals surface area contributed by atoms with Crippen molar-refractivity contribution in [1.29, 1.82) is 0 Å². The number of anilines is 1. The van der Waals surface area contributed by atoms with Gasteiger partial charge in [0.2, 0.25) is 0 Å². The first-order valence-electron chi connectivity index (χ1n) is 13.1. The summed E-state index contributed by atoms with van der Waals surface area (Å²) in [5.41, 5.74) is 7.22. The third-order valence-electron chi connectivity index (χ3n) is 5.57. The highest BCUT2D eigenvalue weighted by Gasteiger charge is 2.34. The molecule has 0 radical (unpaired) electrons. The van der Waals surface area contributed by atoms with Crippen molar-refractivity contribution in [1.82, 2.24) is 4.90 Å². The first-order chi connectivity index (χ1) is 19.2. The Labute approximate surface area is 229 Å². The van der Waals surface area contributed by atoms with Crippen LogP contribution in [0.5, 0.6) is 5.75 Å². The van der Waals surface area contributed by atoms with E-state index in [2.05, 4.69) is 0 Å². The number of imide groups is 1. The first kappa shape index (κ1) is 30.5. The lowest BCUT2D eigenvalue weighted by atomic mass is 10.1. The minimum absolute atomic E-state index is 0.218. The number of amides is 2. The van der Waals surface area contributed by atoms with Crippen LogP contribution in [0.25, 0.3) is 0 Å². The van der Waals surface area contributed by atoms with Gasteiger partial charge in [-0.1, -0.05) is 12.1 Å². The predicted octanol–water partition coefficient (Wildman–Crippen LogP) is 2.04. The molecule has 3 rings (SSSR count). The lowest BCUT2D eigenvalue weighted by Crippen LogP contribution is -2.33. The van der Waals surface area contributed by atoms with E-state index in [-0.39, 0.29) is 25.0 Å². The molecule has 1 aliphatic rings. The molecule has 214 valence electrons. The molecule has 0 bridgehead atoms. The molecule has 0 atom stereocenters. The maximum Gasteiger partial charge on any atom is 0.261 e. The molecule has 0 unspecified atom stereocenters. The number of nitrogen functional groups attached to an aromatic ring is 1. The molecule has 1 heterocycles. The van der Waals surface area contributed by atoms with Gasteiger partial charge in [-0.2, -0.15) is 0 Å². The number of rotatable bonds is 22. The minimum Gasteiger partial charge on any atom is -0.491 e. The highest BCUT2D eigenvalue weighted by atomic mass is 16.6. The molecule has 0 aliphatic carbocycles. The molecule has 0 saturated carbocycles. The Morgan fingerprint density at radius 3 is 1.33 bits per heavy atom. The summed E-state index contributed by atoms with van der Waals surface area (Å²) < 4.78 is 38.3. The summed E-state index contributed by atoms with van der Waals surface area (Å²) in [6, 6.07) is 14.0. The average molecular weight is 547 g/mol. The van der Waals surface area contributed by atoms with Gasteiger partial charge in [-0.05, 0) is 36.4 Å². The molecule has 11 nitrogen and oxygen atoms in total. The second kappa shape index (κ2) is 18.3. The SMILES string of the molecule is Nc1ccc(OCCOCCOCCOCCOCCOCCOCCN2C(=O)c3ccccc3C2=O)cc1. The van der Waals surface area contributed by atoms with E-state index < -0.39 is 0 Å². The zero-order valence-electron chi connectivity index (χ0n) is 22.2. The fourth-order valence-electron chi connectivity index (χ4n) is 3.58. The van der Waals surface area contributed by atoms with E-state index in [0.29, 0.717) is 96.1 Å².